The predicted molar refractivity (Wildman–Crippen MR) is 95.2 cm³/mol. The second kappa shape index (κ2) is 7.69. The van der Waals surface area contributed by atoms with E-state index in [1.54, 1.807) is 11.8 Å². The molecule has 5 heteroatoms. The van der Waals surface area contributed by atoms with Crippen LogP contribution in [0.4, 0.5) is 5.69 Å². The van der Waals surface area contributed by atoms with Crippen LogP contribution in [0.1, 0.15) is 19.3 Å². The molecule has 0 bridgehead atoms. The van der Waals surface area contributed by atoms with Gasteiger partial charge in [0, 0.05) is 23.2 Å². The molecule has 1 aromatic carbocycles. The van der Waals surface area contributed by atoms with Crippen LogP contribution in [-0.2, 0) is 9.53 Å². The van der Waals surface area contributed by atoms with Crippen LogP contribution < -0.4 is 4.90 Å². The van der Waals surface area contributed by atoms with Crippen LogP contribution in [0.2, 0.25) is 0 Å². The number of rotatable bonds is 4. The largest absolute Gasteiger partial charge is 0.381 e. The smallest absolute Gasteiger partial charge is 0.232 e. The first kappa shape index (κ1) is 16.8. The monoisotopic (exact) mass is 334 g/mol. The Balaban J connectivity index is 1.87. The van der Waals surface area contributed by atoms with Crippen molar-refractivity contribution in [2.75, 3.05) is 44.5 Å². The third-order valence-corrected chi connectivity index (χ3v) is 5.63. The highest BCUT2D eigenvalue weighted by molar-refractivity contribution is 7.98. The highest BCUT2D eigenvalue weighted by Crippen LogP contribution is 2.30. The molecular weight excluding hydrogens is 308 g/mol. The van der Waals surface area contributed by atoms with Gasteiger partial charge in [0.25, 0.3) is 0 Å². The second-order valence-corrected chi connectivity index (χ2v) is 7.38. The van der Waals surface area contributed by atoms with Gasteiger partial charge in [0.15, 0.2) is 0 Å². The van der Waals surface area contributed by atoms with Crippen molar-refractivity contribution in [3.05, 3.63) is 24.3 Å². The number of benzene rings is 1. The van der Waals surface area contributed by atoms with E-state index in [0.717, 1.165) is 38.0 Å². The zero-order valence-electron chi connectivity index (χ0n) is 14.0. The molecule has 2 aliphatic rings. The number of carbonyl (C=O) groups excluding carboxylic acids is 1. The highest BCUT2D eigenvalue weighted by Gasteiger charge is 2.34. The van der Waals surface area contributed by atoms with Gasteiger partial charge in [0.2, 0.25) is 5.91 Å². The summed E-state index contributed by atoms with van der Waals surface area (Å²) in [5.74, 6) is 0.267. The molecule has 0 unspecified atom stereocenters. The molecule has 1 atom stereocenters. The Labute approximate surface area is 143 Å². The third-order valence-electron chi connectivity index (χ3n) is 4.90. The number of hydrogen-bond acceptors (Lipinski definition) is 4. The van der Waals surface area contributed by atoms with Crippen LogP contribution in [0.15, 0.2) is 29.2 Å². The van der Waals surface area contributed by atoms with Crippen molar-refractivity contribution < 1.29 is 9.53 Å². The third kappa shape index (κ3) is 3.90. The molecule has 0 spiro atoms. The molecule has 0 radical (unpaired) electrons. The SMILES string of the molecule is CSc1cccc(N(C(=O)[C@@H]2CCOC2)C2CCN(C)CC2)c1. The van der Waals surface area contributed by atoms with E-state index in [0.29, 0.717) is 19.3 Å². The first-order valence-electron chi connectivity index (χ1n) is 8.42. The highest BCUT2D eigenvalue weighted by atomic mass is 32.2. The van der Waals surface area contributed by atoms with Gasteiger partial charge in [-0.3, -0.25) is 4.79 Å². The fraction of sp³-hybridized carbons (Fsp3) is 0.611. The first-order chi connectivity index (χ1) is 11.2. The van der Waals surface area contributed by atoms with Gasteiger partial charge >= 0.3 is 0 Å². The number of hydrogen-bond donors (Lipinski definition) is 0. The summed E-state index contributed by atoms with van der Waals surface area (Å²) in [5, 5.41) is 0. The van der Waals surface area contributed by atoms with Crippen LogP contribution in [0.3, 0.4) is 0 Å². The topological polar surface area (TPSA) is 32.8 Å². The van der Waals surface area contributed by atoms with E-state index in [2.05, 4.69) is 47.4 Å². The molecule has 126 valence electrons. The van der Waals surface area contributed by atoms with Crippen LogP contribution in [0, 0.1) is 5.92 Å². The van der Waals surface area contributed by atoms with Gasteiger partial charge in [-0.1, -0.05) is 6.07 Å². The van der Waals surface area contributed by atoms with E-state index in [4.69, 9.17) is 4.74 Å². The Hall–Kier alpha value is -1.04. The number of nitrogens with zero attached hydrogens (tertiary/aromatic N) is 2. The van der Waals surface area contributed by atoms with Crippen LogP contribution in [-0.4, -0.2) is 56.5 Å². The van der Waals surface area contributed by atoms with E-state index in [1.165, 1.54) is 4.90 Å². The molecule has 0 saturated carbocycles. The van der Waals surface area contributed by atoms with Crippen molar-refractivity contribution in [2.24, 2.45) is 5.92 Å². The number of anilines is 1. The zero-order chi connectivity index (χ0) is 16.2. The number of ether oxygens (including phenoxy) is 1. The van der Waals surface area contributed by atoms with Gasteiger partial charge in [0.05, 0.1) is 12.5 Å². The molecule has 2 fully saturated rings. The minimum Gasteiger partial charge on any atom is -0.381 e. The minimum atomic E-state index is 0.0209. The van der Waals surface area contributed by atoms with Crippen molar-refractivity contribution >= 4 is 23.4 Å². The van der Waals surface area contributed by atoms with E-state index in [-0.39, 0.29) is 11.8 Å². The number of carbonyl (C=O) groups is 1. The fourth-order valence-corrected chi connectivity index (χ4v) is 3.91. The lowest BCUT2D eigenvalue weighted by Crippen LogP contribution is -2.49. The molecule has 0 aromatic heterocycles. The summed E-state index contributed by atoms with van der Waals surface area (Å²) in [5.41, 5.74) is 1.04. The van der Waals surface area contributed by atoms with Gasteiger partial charge in [-0.05, 0) is 63.9 Å². The molecule has 4 nitrogen and oxygen atoms in total. The average Bonchev–Trinajstić information content (AvgIpc) is 3.11. The number of likely N-dealkylation sites (tertiary alicyclic amines) is 1. The van der Waals surface area contributed by atoms with Crippen molar-refractivity contribution in [3.8, 4) is 0 Å². The standard InChI is InChI=1S/C18H26N2O2S/c1-19-9-6-15(7-10-19)20(18(21)14-8-11-22-13-14)16-4-3-5-17(12-16)23-2/h3-5,12,14-15H,6-11,13H2,1-2H3/t14-/m1/s1. The molecule has 2 heterocycles. The molecule has 2 saturated heterocycles. The Morgan fingerprint density at radius 1 is 1.30 bits per heavy atom. The second-order valence-electron chi connectivity index (χ2n) is 6.50. The normalized spacial score (nSPS) is 23.1. The molecule has 2 aliphatic heterocycles. The predicted octanol–water partition coefficient (Wildman–Crippen LogP) is 2.87. The molecule has 3 rings (SSSR count). The van der Waals surface area contributed by atoms with Crippen molar-refractivity contribution in [1.29, 1.82) is 0 Å². The first-order valence-corrected chi connectivity index (χ1v) is 9.65. The summed E-state index contributed by atoms with van der Waals surface area (Å²) in [4.78, 5) is 18.8. The maximum atomic E-state index is 13.2. The van der Waals surface area contributed by atoms with E-state index >= 15 is 0 Å². The summed E-state index contributed by atoms with van der Waals surface area (Å²) >= 11 is 1.72. The van der Waals surface area contributed by atoms with Gasteiger partial charge in [0.1, 0.15) is 0 Å². The summed E-state index contributed by atoms with van der Waals surface area (Å²) in [6.07, 6.45) is 5.01. The van der Waals surface area contributed by atoms with E-state index in [9.17, 15) is 4.79 Å². The molecule has 0 N–H and O–H groups in total. The number of thioether (sulfide) groups is 1. The quantitative estimate of drug-likeness (QED) is 0.793. The maximum Gasteiger partial charge on any atom is 0.232 e. The summed E-state index contributed by atoms with van der Waals surface area (Å²) in [7, 11) is 2.15. The molecular formula is C18H26N2O2S. The summed E-state index contributed by atoms with van der Waals surface area (Å²) in [6, 6.07) is 8.69. The van der Waals surface area contributed by atoms with Gasteiger partial charge in [-0.2, -0.15) is 0 Å². The lowest BCUT2D eigenvalue weighted by atomic mass is 9.99. The van der Waals surface area contributed by atoms with Crippen molar-refractivity contribution in [3.63, 3.8) is 0 Å². The van der Waals surface area contributed by atoms with Crippen LogP contribution >= 0.6 is 11.8 Å². The molecule has 0 aliphatic carbocycles. The number of piperidine rings is 1. The Morgan fingerprint density at radius 3 is 2.74 bits per heavy atom. The van der Waals surface area contributed by atoms with Gasteiger partial charge in [-0.15, -0.1) is 11.8 Å². The Morgan fingerprint density at radius 2 is 2.09 bits per heavy atom. The van der Waals surface area contributed by atoms with Gasteiger partial charge in [-0.25, -0.2) is 0 Å². The zero-order valence-corrected chi connectivity index (χ0v) is 14.8. The molecule has 23 heavy (non-hydrogen) atoms. The molecule has 1 amide bonds. The van der Waals surface area contributed by atoms with Crippen molar-refractivity contribution in [2.45, 2.75) is 30.2 Å². The van der Waals surface area contributed by atoms with Crippen LogP contribution in [0.25, 0.3) is 0 Å². The van der Waals surface area contributed by atoms with Crippen molar-refractivity contribution in [1.82, 2.24) is 4.90 Å². The Kier molecular flexibility index (Phi) is 5.62. The minimum absolute atomic E-state index is 0.0209. The Bertz CT molecular complexity index is 538. The summed E-state index contributed by atoms with van der Waals surface area (Å²) < 4.78 is 5.45. The average molecular weight is 334 g/mol. The lowest BCUT2D eigenvalue weighted by Gasteiger charge is -2.38. The lowest BCUT2D eigenvalue weighted by molar-refractivity contribution is -0.123. The number of amides is 1. The van der Waals surface area contributed by atoms with E-state index in [1.807, 2.05) is 0 Å². The fourth-order valence-electron chi connectivity index (χ4n) is 3.46. The van der Waals surface area contributed by atoms with E-state index < -0.39 is 0 Å². The van der Waals surface area contributed by atoms with Crippen LogP contribution in [0.5, 0.6) is 0 Å². The maximum absolute atomic E-state index is 13.2. The van der Waals surface area contributed by atoms with Gasteiger partial charge < -0.3 is 14.5 Å². The summed E-state index contributed by atoms with van der Waals surface area (Å²) in [6.45, 7) is 3.39. The molecule has 1 aromatic rings.